The maximum Gasteiger partial charge on any atom is 0.409 e. The van der Waals surface area contributed by atoms with Crippen molar-refractivity contribution in [1.82, 2.24) is 10.2 Å². The van der Waals surface area contributed by atoms with Crippen LogP contribution >= 0.6 is 11.6 Å². The number of hydrogen-bond donors (Lipinski definition) is 3. The van der Waals surface area contributed by atoms with Gasteiger partial charge in [-0.25, -0.2) is 9.59 Å². The van der Waals surface area contributed by atoms with Crippen LogP contribution in [0.25, 0.3) is 0 Å². The van der Waals surface area contributed by atoms with E-state index in [1.807, 2.05) is 13.0 Å². The molecule has 0 radical (unpaired) electrons. The van der Waals surface area contributed by atoms with E-state index in [0.717, 1.165) is 11.1 Å². The molecule has 0 spiro atoms. The third kappa shape index (κ3) is 11.0. The number of methoxy groups -OCH3 is 2. The summed E-state index contributed by atoms with van der Waals surface area (Å²) in [5, 5.41) is 26.3. The van der Waals surface area contributed by atoms with Gasteiger partial charge < -0.3 is 39.0 Å². The number of carbonyl (C=O) groups excluding carboxylic acids is 4. The maximum atomic E-state index is 14.1. The predicted molar refractivity (Wildman–Crippen MR) is 215 cm³/mol. The topological polar surface area (TPSA) is 164 Å². The molecule has 1 fully saturated rings. The Kier molecular flexibility index (Phi) is 15.6. The molecule has 2 aliphatic rings. The summed E-state index contributed by atoms with van der Waals surface area (Å²) in [5.41, 5.74) is -0.0332. The van der Waals surface area contributed by atoms with E-state index in [1.54, 1.807) is 52.1 Å². The van der Waals surface area contributed by atoms with Crippen molar-refractivity contribution in [1.29, 1.82) is 0 Å². The SMILES string of the molecule is COc1cc2cc(c1Cl)N(C)C(=O)C[C@H](OC(=O)[C@H](C)N(C)C(=O)CCC(C)(C)C(C)(C)C)[C@@H](C)[C@@H](O)[C@H](C)[C@@H]1C[C@@](O)(NC(=O)O1)[C@H](OC)/C=C/C=C(\C)C2. The summed E-state index contributed by atoms with van der Waals surface area (Å²) in [7, 11) is 5.98. The highest BCUT2D eigenvalue weighted by Gasteiger charge is 2.48. The fraction of sp³-hybridized carbons (Fsp3) is 0.667. The van der Waals surface area contributed by atoms with Gasteiger partial charge in [-0.2, -0.15) is 0 Å². The number of amides is 3. The van der Waals surface area contributed by atoms with Crippen LogP contribution in [0.15, 0.2) is 35.9 Å². The number of alkyl carbamates (subject to hydrolysis) is 1. The van der Waals surface area contributed by atoms with E-state index in [4.69, 9.17) is 30.5 Å². The van der Waals surface area contributed by atoms with Gasteiger partial charge in [-0.1, -0.05) is 83.9 Å². The van der Waals surface area contributed by atoms with Crippen LogP contribution in [-0.2, 0) is 35.0 Å². The van der Waals surface area contributed by atoms with Crippen molar-refractivity contribution in [2.24, 2.45) is 22.7 Å². The van der Waals surface area contributed by atoms with Crippen LogP contribution in [0.4, 0.5) is 10.5 Å². The van der Waals surface area contributed by atoms with Crippen molar-refractivity contribution >= 4 is 41.2 Å². The molecule has 0 saturated carbocycles. The number of likely N-dealkylation sites (N-methyl/N-ethyl adjacent to an activating group) is 1. The summed E-state index contributed by atoms with van der Waals surface area (Å²) in [6, 6.07) is 2.54. The number of benzene rings is 1. The molecule has 1 saturated heterocycles. The van der Waals surface area contributed by atoms with Crippen molar-refractivity contribution in [3.8, 4) is 5.75 Å². The molecule has 0 aromatic heterocycles. The van der Waals surface area contributed by atoms with Gasteiger partial charge in [0.2, 0.25) is 11.8 Å². The van der Waals surface area contributed by atoms with Crippen LogP contribution in [-0.4, -0.2) is 103 Å². The average molecular weight is 806 g/mol. The minimum atomic E-state index is -1.90. The van der Waals surface area contributed by atoms with E-state index >= 15 is 0 Å². The molecule has 0 aliphatic carbocycles. The number of ether oxygens (including phenoxy) is 4. The lowest BCUT2D eigenvalue weighted by molar-refractivity contribution is -0.167. The number of allylic oxidation sites excluding steroid dienone is 3. The zero-order valence-electron chi connectivity index (χ0n) is 35.4. The lowest BCUT2D eigenvalue weighted by atomic mass is 9.67. The number of halogens is 1. The molecule has 3 amide bonds. The van der Waals surface area contributed by atoms with Crippen LogP contribution in [0, 0.1) is 22.7 Å². The van der Waals surface area contributed by atoms with Gasteiger partial charge in [-0.3, -0.25) is 14.9 Å². The molecule has 1 aromatic carbocycles. The molecule has 1 aromatic rings. The molecule has 0 unspecified atom stereocenters. The van der Waals surface area contributed by atoms with E-state index < -0.39 is 66.0 Å². The quantitative estimate of drug-likeness (QED) is 0.258. The fourth-order valence-corrected chi connectivity index (χ4v) is 7.09. The first-order valence-corrected chi connectivity index (χ1v) is 19.6. The molecule has 56 heavy (non-hydrogen) atoms. The molecule has 2 aliphatic heterocycles. The molecule has 2 heterocycles. The van der Waals surface area contributed by atoms with Crippen molar-refractivity contribution in [3.63, 3.8) is 0 Å². The Balaban J connectivity index is 2.06. The van der Waals surface area contributed by atoms with Gasteiger partial charge in [-0.15, -0.1) is 0 Å². The summed E-state index contributed by atoms with van der Waals surface area (Å²) in [6.45, 7) is 17.3. The second-order valence-electron chi connectivity index (χ2n) is 17.2. The Morgan fingerprint density at radius 1 is 1.14 bits per heavy atom. The number of hydrogen-bond acceptors (Lipinski definition) is 10. The van der Waals surface area contributed by atoms with E-state index in [2.05, 4.69) is 39.9 Å². The highest BCUT2D eigenvalue weighted by atomic mass is 35.5. The first-order chi connectivity index (χ1) is 25.9. The first-order valence-electron chi connectivity index (χ1n) is 19.2. The van der Waals surface area contributed by atoms with Crippen LogP contribution in [0.3, 0.4) is 0 Å². The largest absolute Gasteiger partial charge is 0.495 e. The summed E-state index contributed by atoms with van der Waals surface area (Å²) >= 11 is 6.76. The van der Waals surface area contributed by atoms with Gasteiger partial charge in [-0.05, 0) is 55.2 Å². The molecular formula is C42H64ClN3O10. The number of nitrogens with one attached hydrogen (secondary N) is 1. The number of rotatable bonds is 8. The van der Waals surface area contributed by atoms with Gasteiger partial charge >= 0.3 is 12.1 Å². The van der Waals surface area contributed by atoms with Crippen LogP contribution in [0.1, 0.15) is 93.6 Å². The summed E-state index contributed by atoms with van der Waals surface area (Å²) in [5.74, 6) is -2.84. The van der Waals surface area contributed by atoms with Crippen LogP contribution < -0.4 is 15.0 Å². The average Bonchev–Trinajstić information content (AvgIpc) is 3.12. The molecule has 14 heteroatoms. The van der Waals surface area contributed by atoms with Gasteiger partial charge in [0.1, 0.15) is 35.1 Å². The van der Waals surface area contributed by atoms with Crippen molar-refractivity contribution in [3.05, 3.63) is 46.5 Å². The number of aliphatic hydroxyl groups excluding tert-OH is 1. The fourth-order valence-electron chi connectivity index (χ4n) is 6.78. The number of aliphatic hydroxyl groups is 2. The Hall–Kier alpha value is -3.65. The van der Waals surface area contributed by atoms with Crippen LogP contribution in [0.2, 0.25) is 5.02 Å². The van der Waals surface area contributed by atoms with E-state index in [-0.39, 0.29) is 41.0 Å². The number of carbonyl (C=O) groups is 4. The molecule has 8 atom stereocenters. The van der Waals surface area contributed by atoms with Gasteiger partial charge in [0.15, 0.2) is 5.72 Å². The highest BCUT2D eigenvalue weighted by molar-refractivity contribution is 6.35. The van der Waals surface area contributed by atoms with Gasteiger partial charge in [0.25, 0.3) is 0 Å². The Bertz CT molecular complexity index is 1660. The first kappa shape index (κ1) is 46.7. The number of fused-ring (bicyclic) bond motifs is 4. The van der Waals surface area contributed by atoms with Crippen LogP contribution in [0.5, 0.6) is 5.75 Å². The monoisotopic (exact) mass is 805 g/mol. The zero-order chi connectivity index (χ0) is 42.5. The second kappa shape index (κ2) is 18.7. The molecule has 314 valence electrons. The molecule has 4 bridgehead atoms. The Labute approximate surface area is 337 Å². The number of nitrogens with zero attached hydrogens (tertiary/aromatic N) is 2. The lowest BCUT2D eigenvalue weighted by Gasteiger charge is -2.43. The smallest absolute Gasteiger partial charge is 0.409 e. The van der Waals surface area contributed by atoms with E-state index in [9.17, 15) is 29.4 Å². The summed E-state index contributed by atoms with van der Waals surface area (Å²) in [4.78, 5) is 56.9. The lowest BCUT2D eigenvalue weighted by Crippen LogP contribution is -2.64. The van der Waals surface area contributed by atoms with E-state index in [1.165, 1.54) is 31.1 Å². The predicted octanol–water partition coefficient (Wildman–Crippen LogP) is 6.21. The van der Waals surface area contributed by atoms with E-state index in [0.29, 0.717) is 24.3 Å². The molecular weight excluding hydrogens is 742 g/mol. The third-order valence-corrected chi connectivity index (χ3v) is 12.6. The van der Waals surface area contributed by atoms with Crippen molar-refractivity contribution in [2.45, 2.75) is 131 Å². The highest BCUT2D eigenvalue weighted by Crippen LogP contribution is 2.42. The number of esters is 1. The summed E-state index contributed by atoms with van der Waals surface area (Å²) < 4.78 is 22.8. The third-order valence-electron chi connectivity index (χ3n) is 12.2. The minimum absolute atomic E-state index is 0.0490. The Morgan fingerprint density at radius 2 is 1.79 bits per heavy atom. The molecule has 3 rings (SSSR count). The maximum absolute atomic E-state index is 14.1. The standard InChI is InChI=1S/C42H64ClN3O10/c1-24-15-14-16-33(54-13)42(52)23-32(56-39(51)44-42)26(3)37(49)25(2)30(22-35(48)46(11)29-20-28(19-24)21-31(53-12)36(29)43)55-38(50)27(4)45(10)34(47)17-18-41(8,9)40(5,6)7/h14-16,20-21,25-27,30,32-33,37,49,52H,17-19,22-23H2,1-13H3,(H,44,51)/b16-14+,24-15+/t25-,26-,27+,30+,32+,33-,37-,42+/m1/s1. The second-order valence-corrected chi connectivity index (χ2v) is 17.6. The molecule has 3 N–H and O–H groups in total. The molecule has 13 nitrogen and oxygen atoms in total. The van der Waals surface area contributed by atoms with Crippen molar-refractivity contribution < 1.29 is 48.3 Å². The Morgan fingerprint density at radius 3 is 2.38 bits per heavy atom. The number of anilines is 1. The minimum Gasteiger partial charge on any atom is -0.495 e. The van der Waals surface area contributed by atoms with Gasteiger partial charge in [0, 0.05) is 45.9 Å². The normalized spacial score (nSPS) is 28.9. The zero-order valence-corrected chi connectivity index (χ0v) is 36.2. The van der Waals surface area contributed by atoms with Gasteiger partial charge in [0.05, 0.1) is 25.3 Å². The van der Waals surface area contributed by atoms with Crippen molar-refractivity contribution in [2.75, 3.05) is 33.2 Å². The summed E-state index contributed by atoms with van der Waals surface area (Å²) in [6.07, 6.45) is 0.511.